The van der Waals surface area contributed by atoms with Crippen LogP contribution in [-0.2, 0) is 15.8 Å². The van der Waals surface area contributed by atoms with Gasteiger partial charge in [-0.15, -0.1) is 10.2 Å². The quantitative estimate of drug-likeness (QED) is 0.404. The minimum atomic E-state index is -1.08. The molecular formula is C31H25F2N5O2. The first-order valence-electron chi connectivity index (χ1n) is 13.6. The summed E-state index contributed by atoms with van der Waals surface area (Å²) in [5, 5.41) is 28.3. The maximum Gasteiger partial charge on any atom is 0.155 e. The van der Waals surface area contributed by atoms with Gasteiger partial charge >= 0.3 is 0 Å². The fraction of sp³-hybridized carbons (Fsp3) is 0.387. The summed E-state index contributed by atoms with van der Waals surface area (Å²) in [5.41, 5.74) is 3.49. The maximum atomic E-state index is 14.7. The fourth-order valence-electron chi connectivity index (χ4n) is 9.70. The highest BCUT2D eigenvalue weighted by Crippen LogP contribution is 3.08. The molecule has 0 radical (unpaired) electrons. The SMILES string of the molecule is CC12C[C@H]3c4cc(-c5c(F)cccc5F)nnc4[C@@]4(c5cccc(-c6ccc(C7(O)COC7)nn6)n5)CC1(C)C324. The van der Waals surface area contributed by atoms with Gasteiger partial charge in [0.05, 0.1) is 52.7 Å². The van der Waals surface area contributed by atoms with E-state index in [0.717, 1.165) is 29.8 Å². The monoisotopic (exact) mass is 537 g/mol. The Morgan fingerprint density at radius 1 is 0.825 bits per heavy atom. The molecule has 7 nitrogen and oxygen atoms in total. The molecule has 4 heterocycles. The fourth-order valence-corrected chi connectivity index (χ4v) is 9.70. The third-order valence-electron chi connectivity index (χ3n) is 11.4. The van der Waals surface area contributed by atoms with Crippen LogP contribution in [-0.4, -0.2) is 43.7 Å². The van der Waals surface area contributed by atoms with Gasteiger partial charge in [-0.2, -0.15) is 10.2 Å². The lowest BCUT2D eigenvalue weighted by atomic mass is 9.49. The predicted molar refractivity (Wildman–Crippen MR) is 139 cm³/mol. The van der Waals surface area contributed by atoms with Gasteiger partial charge in [-0.3, -0.25) is 4.98 Å². The Morgan fingerprint density at radius 3 is 2.23 bits per heavy atom. The largest absolute Gasteiger partial charge is 0.379 e. The third-order valence-corrected chi connectivity index (χ3v) is 11.4. The molecule has 5 aliphatic rings. The van der Waals surface area contributed by atoms with Gasteiger partial charge in [-0.1, -0.05) is 26.0 Å². The Hall–Kier alpha value is -3.69. The normalized spacial score (nSPS) is 35.0. The Labute approximate surface area is 228 Å². The Kier molecular flexibility index (Phi) is 3.91. The number of rotatable bonds is 4. The van der Waals surface area contributed by atoms with E-state index in [1.807, 2.05) is 24.3 Å². The van der Waals surface area contributed by atoms with E-state index in [-0.39, 0.29) is 46.6 Å². The minimum absolute atomic E-state index is 0.0366. The summed E-state index contributed by atoms with van der Waals surface area (Å²) in [4.78, 5) is 5.14. The average molecular weight is 538 g/mol. The van der Waals surface area contributed by atoms with Crippen molar-refractivity contribution in [2.75, 3.05) is 13.2 Å². The number of hydrogen-bond donors (Lipinski definition) is 1. The highest BCUT2D eigenvalue weighted by molar-refractivity contribution is 5.72. The van der Waals surface area contributed by atoms with Gasteiger partial charge in [-0.05, 0) is 77.6 Å². The van der Waals surface area contributed by atoms with Crippen LogP contribution in [0.3, 0.4) is 0 Å². The molecule has 0 amide bonds. The number of benzene rings is 1. The van der Waals surface area contributed by atoms with Crippen molar-refractivity contribution in [1.29, 1.82) is 0 Å². The number of halogens is 2. The van der Waals surface area contributed by atoms with Crippen molar-refractivity contribution in [3.8, 4) is 22.6 Å². The van der Waals surface area contributed by atoms with Crippen molar-refractivity contribution in [1.82, 2.24) is 25.4 Å². The molecule has 200 valence electrons. The molecule has 1 N–H and O–H groups in total. The second kappa shape index (κ2) is 6.78. The first-order chi connectivity index (χ1) is 19.2. The van der Waals surface area contributed by atoms with Gasteiger partial charge in [0, 0.05) is 5.41 Å². The van der Waals surface area contributed by atoms with E-state index < -0.39 is 22.7 Å². The van der Waals surface area contributed by atoms with Crippen LogP contribution in [0, 0.1) is 27.9 Å². The van der Waals surface area contributed by atoms with Crippen molar-refractivity contribution < 1.29 is 18.6 Å². The minimum Gasteiger partial charge on any atom is -0.379 e. The second-order valence-corrected chi connectivity index (χ2v) is 12.7. The molecule has 5 atom stereocenters. The summed E-state index contributed by atoms with van der Waals surface area (Å²) in [6.45, 7) is 5.16. The van der Waals surface area contributed by atoms with Crippen molar-refractivity contribution in [2.45, 2.75) is 43.6 Å². The molecule has 1 saturated heterocycles. The van der Waals surface area contributed by atoms with Crippen molar-refractivity contribution in [3.05, 3.63) is 88.9 Å². The number of aromatic nitrogens is 5. The zero-order valence-corrected chi connectivity index (χ0v) is 21.9. The smallest absolute Gasteiger partial charge is 0.155 e. The van der Waals surface area contributed by atoms with E-state index >= 15 is 0 Å². The molecule has 4 aliphatic carbocycles. The summed E-state index contributed by atoms with van der Waals surface area (Å²) < 4.78 is 34.5. The van der Waals surface area contributed by atoms with Gasteiger partial charge in [0.25, 0.3) is 0 Å². The van der Waals surface area contributed by atoms with Crippen LogP contribution in [0.15, 0.2) is 54.6 Å². The molecule has 1 aromatic carbocycles. The summed E-state index contributed by atoms with van der Waals surface area (Å²) >= 11 is 0. The molecule has 3 aromatic heterocycles. The molecule has 9 heteroatoms. The molecule has 4 aromatic rings. The van der Waals surface area contributed by atoms with Crippen LogP contribution >= 0.6 is 0 Å². The van der Waals surface area contributed by atoms with Crippen LogP contribution in [0.2, 0.25) is 0 Å². The molecule has 9 rings (SSSR count). The Bertz CT molecular complexity index is 1760. The molecular weight excluding hydrogens is 512 g/mol. The summed E-state index contributed by atoms with van der Waals surface area (Å²) in [6.07, 6.45) is 1.92. The van der Waals surface area contributed by atoms with Crippen LogP contribution in [0.25, 0.3) is 22.6 Å². The zero-order valence-electron chi connectivity index (χ0n) is 21.9. The number of hydrogen-bond acceptors (Lipinski definition) is 7. The lowest BCUT2D eigenvalue weighted by Gasteiger charge is -2.53. The number of fused-ring (bicyclic) bond motifs is 4. The van der Waals surface area contributed by atoms with Crippen molar-refractivity contribution in [2.24, 2.45) is 16.2 Å². The topological polar surface area (TPSA) is 93.9 Å². The third kappa shape index (κ3) is 2.17. The number of nitrogens with zero attached hydrogens (tertiary/aromatic N) is 5. The maximum absolute atomic E-state index is 14.7. The lowest BCUT2D eigenvalue weighted by molar-refractivity contribution is -0.187. The summed E-state index contributed by atoms with van der Waals surface area (Å²) in [6, 6.07) is 15.3. The first-order valence-corrected chi connectivity index (χ1v) is 13.6. The van der Waals surface area contributed by atoms with E-state index in [2.05, 4.69) is 35.2 Å². The van der Waals surface area contributed by atoms with Crippen molar-refractivity contribution in [3.63, 3.8) is 0 Å². The Morgan fingerprint density at radius 2 is 1.57 bits per heavy atom. The predicted octanol–water partition coefficient (Wildman–Crippen LogP) is 4.69. The molecule has 40 heavy (non-hydrogen) atoms. The molecule has 0 bridgehead atoms. The van der Waals surface area contributed by atoms with Gasteiger partial charge < -0.3 is 9.84 Å². The van der Waals surface area contributed by atoms with Gasteiger partial charge in [0.1, 0.15) is 17.3 Å². The summed E-state index contributed by atoms with van der Waals surface area (Å²) in [7, 11) is 0. The molecule has 1 spiro atoms. The van der Waals surface area contributed by atoms with Crippen LogP contribution in [0.5, 0.6) is 0 Å². The number of pyridine rings is 1. The average Bonchev–Trinajstić information content (AvgIpc) is 3.09. The molecule has 3 saturated carbocycles. The highest BCUT2D eigenvalue weighted by atomic mass is 19.1. The van der Waals surface area contributed by atoms with Gasteiger partial charge in [0.15, 0.2) is 5.60 Å². The van der Waals surface area contributed by atoms with Crippen LogP contribution < -0.4 is 0 Å². The number of aliphatic hydroxyl groups is 1. The number of ether oxygens (including phenoxy) is 1. The van der Waals surface area contributed by atoms with E-state index in [1.54, 1.807) is 6.07 Å². The van der Waals surface area contributed by atoms with E-state index in [9.17, 15) is 13.9 Å². The summed E-state index contributed by atoms with van der Waals surface area (Å²) in [5.74, 6) is -1.04. The zero-order chi connectivity index (χ0) is 27.3. The second-order valence-electron chi connectivity index (χ2n) is 12.7. The van der Waals surface area contributed by atoms with E-state index in [4.69, 9.17) is 14.8 Å². The highest BCUT2D eigenvalue weighted by Gasteiger charge is 3.05. The van der Waals surface area contributed by atoms with Crippen molar-refractivity contribution >= 4 is 0 Å². The van der Waals surface area contributed by atoms with Crippen LogP contribution in [0.4, 0.5) is 8.78 Å². The molecule has 3 unspecified atom stereocenters. The molecule has 1 aliphatic heterocycles. The lowest BCUT2D eigenvalue weighted by Crippen LogP contribution is -2.52. The van der Waals surface area contributed by atoms with Crippen LogP contribution in [0.1, 0.15) is 55.3 Å². The Balaban J connectivity index is 1.17. The van der Waals surface area contributed by atoms with E-state index in [1.165, 1.54) is 18.2 Å². The molecule has 4 fully saturated rings. The van der Waals surface area contributed by atoms with Gasteiger partial charge in [-0.25, -0.2) is 8.78 Å². The van der Waals surface area contributed by atoms with E-state index in [0.29, 0.717) is 17.1 Å². The first kappa shape index (κ1) is 23.1. The standard InChI is InChI=1S/C31H25F2N5O2/c1-27-12-17-16-11-22(25-18(32)5-3-6-19(25)33)36-38-26(16)30(13-28(27,2)31(17,27)30)24-8-4-7-20(34-24)21-9-10-23(37-35-21)29(39)14-40-15-29/h3-11,17,39H,12-15H2,1-2H3/t17-,27?,28?,30-,31?/m0/s1. The van der Waals surface area contributed by atoms with Gasteiger partial charge in [0.2, 0.25) is 0 Å².